The average Bonchev–Trinajstić information content (AvgIpc) is 2.63. The number of hydrogen-bond acceptors (Lipinski definition) is 4. The molecule has 0 radical (unpaired) electrons. The summed E-state index contributed by atoms with van der Waals surface area (Å²) in [5.74, 6) is 1.03. The maximum Gasteiger partial charge on any atom is 0.151 e. The second kappa shape index (κ2) is 5.22. The van der Waals surface area contributed by atoms with E-state index in [1.165, 1.54) is 36.9 Å². The van der Waals surface area contributed by atoms with Crippen LogP contribution in [-0.2, 0) is 12.8 Å². The van der Waals surface area contributed by atoms with Gasteiger partial charge in [-0.05, 0) is 50.2 Å². The predicted molar refractivity (Wildman–Crippen MR) is 72.7 cm³/mol. The molecule has 0 saturated carbocycles. The zero-order valence-electron chi connectivity index (χ0n) is 10.9. The van der Waals surface area contributed by atoms with E-state index in [9.17, 15) is 0 Å². The molecular formula is C14H22N4. The molecule has 1 aromatic heterocycles. The fourth-order valence-electron chi connectivity index (χ4n) is 3.03. The van der Waals surface area contributed by atoms with Crippen LogP contribution in [0.15, 0.2) is 6.07 Å². The van der Waals surface area contributed by atoms with Gasteiger partial charge in [0.15, 0.2) is 5.82 Å². The number of fused-ring (bicyclic) bond motifs is 1. The smallest absolute Gasteiger partial charge is 0.151 e. The standard InChI is InChI=1S/C14H22N4/c15-12-6-4-8-18(10-12)14-9-11-5-2-1-3-7-13(11)16-17-14/h9,12H,1-8,10,15H2. The lowest BCUT2D eigenvalue weighted by Crippen LogP contribution is -2.43. The van der Waals surface area contributed by atoms with Crippen LogP contribution in [0.25, 0.3) is 0 Å². The first-order valence-corrected chi connectivity index (χ1v) is 7.19. The Bertz CT molecular complexity index is 418. The van der Waals surface area contributed by atoms with E-state index in [2.05, 4.69) is 21.2 Å². The highest BCUT2D eigenvalue weighted by atomic mass is 15.3. The van der Waals surface area contributed by atoms with Crippen molar-refractivity contribution in [2.24, 2.45) is 5.73 Å². The minimum atomic E-state index is 0.291. The molecule has 1 fully saturated rings. The van der Waals surface area contributed by atoms with E-state index < -0.39 is 0 Å². The summed E-state index contributed by atoms with van der Waals surface area (Å²) in [4.78, 5) is 2.30. The van der Waals surface area contributed by atoms with E-state index >= 15 is 0 Å². The van der Waals surface area contributed by atoms with Gasteiger partial charge in [-0.2, -0.15) is 5.10 Å². The Morgan fingerprint density at radius 3 is 2.89 bits per heavy atom. The van der Waals surface area contributed by atoms with E-state index in [0.717, 1.165) is 38.2 Å². The van der Waals surface area contributed by atoms with Crippen molar-refractivity contribution in [3.05, 3.63) is 17.3 Å². The number of aryl methyl sites for hydroxylation is 2. The minimum Gasteiger partial charge on any atom is -0.354 e. The lowest BCUT2D eigenvalue weighted by Gasteiger charge is -2.31. The fraction of sp³-hybridized carbons (Fsp3) is 0.714. The van der Waals surface area contributed by atoms with Crippen LogP contribution in [0.1, 0.15) is 43.4 Å². The normalized spacial score (nSPS) is 24.5. The molecule has 18 heavy (non-hydrogen) atoms. The quantitative estimate of drug-likeness (QED) is 0.766. The van der Waals surface area contributed by atoms with Gasteiger partial charge in [0.05, 0.1) is 5.69 Å². The first-order chi connectivity index (χ1) is 8.83. The zero-order valence-corrected chi connectivity index (χ0v) is 10.9. The summed E-state index contributed by atoms with van der Waals surface area (Å²) in [6, 6.07) is 2.55. The van der Waals surface area contributed by atoms with E-state index in [1.54, 1.807) is 0 Å². The Hall–Kier alpha value is -1.16. The number of nitrogens with two attached hydrogens (primary N) is 1. The summed E-state index contributed by atoms with van der Waals surface area (Å²) in [7, 11) is 0. The Labute approximate surface area is 109 Å². The number of rotatable bonds is 1. The van der Waals surface area contributed by atoms with Gasteiger partial charge in [-0.3, -0.25) is 0 Å². The third-order valence-electron chi connectivity index (χ3n) is 4.09. The molecule has 1 unspecified atom stereocenters. The van der Waals surface area contributed by atoms with Gasteiger partial charge in [0.2, 0.25) is 0 Å². The van der Waals surface area contributed by atoms with Gasteiger partial charge in [0, 0.05) is 19.1 Å². The lowest BCUT2D eigenvalue weighted by molar-refractivity contribution is 0.501. The summed E-state index contributed by atoms with van der Waals surface area (Å²) < 4.78 is 0. The van der Waals surface area contributed by atoms with Crippen molar-refractivity contribution >= 4 is 5.82 Å². The molecule has 0 amide bonds. The molecule has 3 rings (SSSR count). The van der Waals surface area contributed by atoms with E-state index in [1.807, 2.05) is 0 Å². The maximum atomic E-state index is 6.04. The number of piperidine rings is 1. The van der Waals surface area contributed by atoms with Crippen molar-refractivity contribution in [3.63, 3.8) is 0 Å². The summed E-state index contributed by atoms with van der Waals surface area (Å²) in [6.45, 7) is 1.99. The maximum absolute atomic E-state index is 6.04. The molecule has 0 aromatic carbocycles. The van der Waals surface area contributed by atoms with Gasteiger partial charge in [-0.25, -0.2) is 0 Å². The summed E-state index contributed by atoms with van der Waals surface area (Å²) in [5.41, 5.74) is 8.67. The highest BCUT2D eigenvalue weighted by Gasteiger charge is 2.19. The molecule has 2 N–H and O–H groups in total. The molecule has 1 aliphatic heterocycles. The SMILES string of the molecule is NC1CCCN(c2cc3c(nn2)CCCCC3)C1. The van der Waals surface area contributed by atoms with Crippen LogP contribution < -0.4 is 10.6 Å². The molecule has 1 aromatic rings. The van der Waals surface area contributed by atoms with Gasteiger partial charge in [-0.15, -0.1) is 5.10 Å². The molecule has 4 nitrogen and oxygen atoms in total. The fourth-order valence-corrected chi connectivity index (χ4v) is 3.03. The Kier molecular flexibility index (Phi) is 3.46. The molecule has 0 spiro atoms. The number of anilines is 1. The van der Waals surface area contributed by atoms with Gasteiger partial charge in [0.1, 0.15) is 0 Å². The zero-order chi connectivity index (χ0) is 12.4. The highest BCUT2D eigenvalue weighted by Crippen LogP contribution is 2.23. The van der Waals surface area contributed by atoms with Crippen LogP contribution in [0.5, 0.6) is 0 Å². The number of aromatic nitrogens is 2. The van der Waals surface area contributed by atoms with Crippen LogP contribution in [0.4, 0.5) is 5.82 Å². The molecular weight excluding hydrogens is 224 g/mol. The Morgan fingerprint density at radius 2 is 2.00 bits per heavy atom. The number of nitrogens with zero attached hydrogens (tertiary/aromatic N) is 3. The first kappa shape index (κ1) is 11.9. The second-order valence-corrected chi connectivity index (χ2v) is 5.58. The molecule has 98 valence electrons. The Balaban J connectivity index is 1.82. The van der Waals surface area contributed by atoms with Gasteiger partial charge in [0.25, 0.3) is 0 Å². The first-order valence-electron chi connectivity index (χ1n) is 7.19. The minimum absolute atomic E-state index is 0.291. The molecule has 4 heteroatoms. The van der Waals surface area contributed by atoms with Crippen LogP contribution >= 0.6 is 0 Å². The van der Waals surface area contributed by atoms with Crippen molar-refractivity contribution in [1.82, 2.24) is 10.2 Å². The number of hydrogen-bond donors (Lipinski definition) is 1. The molecule has 1 aliphatic carbocycles. The summed E-state index contributed by atoms with van der Waals surface area (Å²) in [5, 5.41) is 8.86. The van der Waals surface area contributed by atoms with Crippen LogP contribution in [0.2, 0.25) is 0 Å². The molecule has 2 aliphatic rings. The molecule has 1 atom stereocenters. The largest absolute Gasteiger partial charge is 0.354 e. The van der Waals surface area contributed by atoms with Crippen molar-refractivity contribution in [1.29, 1.82) is 0 Å². The molecule has 1 saturated heterocycles. The summed E-state index contributed by atoms with van der Waals surface area (Å²) >= 11 is 0. The Morgan fingerprint density at radius 1 is 1.11 bits per heavy atom. The van der Waals surface area contributed by atoms with Crippen molar-refractivity contribution in [2.45, 2.75) is 51.0 Å². The van der Waals surface area contributed by atoms with Crippen LogP contribution in [-0.4, -0.2) is 29.3 Å². The summed E-state index contributed by atoms with van der Waals surface area (Å²) in [6.07, 6.45) is 8.43. The third-order valence-corrected chi connectivity index (χ3v) is 4.09. The lowest BCUT2D eigenvalue weighted by atomic mass is 10.1. The van der Waals surface area contributed by atoms with Gasteiger partial charge >= 0.3 is 0 Å². The van der Waals surface area contributed by atoms with Gasteiger partial charge < -0.3 is 10.6 Å². The third kappa shape index (κ3) is 2.48. The van der Waals surface area contributed by atoms with E-state index in [0.29, 0.717) is 6.04 Å². The van der Waals surface area contributed by atoms with E-state index in [-0.39, 0.29) is 0 Å². The predicted octanol–water partition coefficient (Wildman–Crippen LogP) is 1.67. The monoisotopic (exact) mass is 246 g/mol. The van der Waals surface area contributed by atoms with Gasteiger partial charge in [-0.1, -0.05) is 6.42 Å². The van der Waals surface area contributed by atoms with E-state index in [4.69, 9.17) is 5.73 Å². The van der Waals surface area contributed by atoms with Crippen LogP contribution in [0.3, 0.4) is 0 Å². The molecule has 2 heterocycles. The van der Waals surface area contributed by atoms with Crippen LogP contribution in [0, 0.1) is 0 Å². The van der Waals surface area contributed by atoms with Crippen molar-refractivity contribution in [2.75, 3.05) is 18.0 Å². The van der Waals surface area contributed by atoms with Crippen molar-refractivity contribution in [3.8, 4) is 0 Å². The topological polar surface area (TPSA) is 55.0 Å². The highest BCUT2D eigenvalue weighted by molar-refractivity contribution is 5.42. The van der Waals surface area contributed by atoms with Crippen molar-refractivity contribution < 1.29 is 0 Å². The second-order valence-electron chi connectivity index (χ2n) is 5.58. The molecule has 0 bridgehead atoms. The average molecular weight is 246 g/mol.